The molecule has 1 aromatic heterocycles. The molecule has 1 aliphatic rings. The first kappa shape index (κ1) is 11.1. The molecule has 2 heterocycles. The van der Waals surface area contributed by atoms with Crippen LogP contribution < -0.4 is 10.6 Å². The summed E-state index contributed by atoms with van der Waals surface area (Å²) in [6.45, 7) is 3.45. The third-order valence-electron chi connectivity index (χ3n) is 3.01. The fourth-order valence-electron chi connectivity index (χ4n) is 1.94. The van der Waals surface area contributed by atoms with E-state index in [0.717, 1.165) is 30.6 Å². The highest BCUT2D eigenvalue weighted by atomic mass is 16.2. The summed E-state index contributed by atoms with van der Waals surface area (Å²) in [6.07, 6.45) is 5.00. The average Bonchev–Trinajstić information content (AvgIpc) is 2.73. The molecule has 5 heteroatoms. The normalized spacial score (nSPS) is 20.7. The van der Waals surface area contributed by atoms with Crippen LogP contribution >= 0.6 is 0 Å². The van der Waals surface area contributed by atoms with Crippen molar-refractivity contribution in [2.75, 3.05) is 6.54 Å². The van der Waals surface area contributed by atoms with Crippen LogP contribution in [-0.2, 0) is 11.3 Å². The van der Waals surface area contributed by atoms with Gasteiger partial charge in [0.05, 0.1) is 12.2 Å². The van der Waals surface area contributed by atoms with Gasteiger partial charge < -0.3 is 10.6 Å². The van der Waals surface area contributed by atoms with Crippen LogP contribution in [0.1, 0.15) is 30.5 Å². The molecular formula is C11H18N4O. The molecule has 0 bridgehead atoms. The highest BCUT2D eigenvalue weighted by molar-refractivity contribution is 5.81. The molecule has 3 N–H and O–H groups in total. The molecule has 1 aliphatic heterocycles. The van der Waals surface area contributed by atoms with E-state index in [1.807, 2.05) is 6.92 Å². The summed E-state index contributed by atoms with van der Waals surface area (Å²) < 4.78 is 0. The average molecular weight is 222 g/mol. The fraction of sp³-hybridized carbons (Fsp3) is 0.636. The quantitative estimate of drug-likeness (QED) is 0.696. The van der Waals surface area contributed by atoms with Crippen molar-refractivity contribution in [3.8, 4) is 0 Å². The molecular weight excluding hydrogens is 204 g/mol. The minimum Gasteiger partial charge on any atom is -0.351 e. The van der Waals surface area contributed by atoms with E-state index in [4.69, 9.17) is 0 Å². The zero-order valence-corrected chi connectivity index (χ0v) is 9.55. The van der Waals surface area contributed by atoms with Gasteiger partial charge in [0.25, 0.3) is 0 Å². The van der Waals surface area contributed by atoms with Gasteiger partial charge in [-0.25, -0.2) is 0 Å². The van der Waals surface area contributed by atoms with Crippen molar-refractivity contribution in [1.29, 1.82) is 0 Å². The van der Waals surface area contributed by atoms with Gasteiger partial charge in [0.15, 0.2) is 0 Å². The second-order valence-electron chi connectivity index (χ2n) is 4.24. The Bertz CT molecular complexity index is 355. The number of amides is 1. The highest BCUT2D eigenvalue weighted by Gasteiger charge is 2.20. The summed E-state index contributed by atoms with van der Waals surface area (Å²) in [5, 5.41) is 12.9. The fourth-order valence-corrected chi connectivity index (χ4v) is 1.94. The van der Waals surface area contributed by atoms with E-state index in [1.54, 1.807) is 6.20 Å². The van der Waals surface area contributed by atoms with Gasteiger partial charge in [0.1, 0.15) is 0 Å². The molecule has 1 atom stereocenters. The maximum Gasteiger partial charge on any atom is 0.237 e. The van der Waals surface area contributed by atoms with E-state index >= 15 is 0 Å². The largest absolute Gasteiger partial charge is 0.351 e. The number of aryl methyl sites for hydroxylation is 1. The molecule has 0 saturated carbocycles. The van der Waals surface area contributed by atoms with E-state index in [9.17, 15) is 4.79 Å². The lowest BCUT2D eigenvalue weighted by Gasteiger charge is -2.22. The van der Waals surface area contributed by atoms with Gasteiger partial charge in [-0.2, -0.15) is 5.10 Å². The number of hydrogen-bond donors (Lipinski definition) is 3. The third kappa shape index (κ3) is 2.61. The minimum atomic E-state index is -0.0130. The van der Waals surface area contributed by atoms with Crippen molar-refractivity contribution in [1.82, 2.24) is 20.8 Å². The molecule has 5 nitrogen and oxygen atoms in total. The van der Waals surface area contributed by atoms with E-state index < -0.39 is 0 Å². The Morgan fingerprint density at radius 2 is 2.50 bits per heavy atom. The highest BCUT2D eigenvalue weighted by Crippen LogP contribution is 2.07. The Morgan fingerprint density at radius 1 is 1.62 bits per heavy atom. The summed E-state index contributed by atoms with van der Waals surface area (Å²) in [7, 11) is 0. The zero-order chi connectivity index (χ0) is 11.4. The summed E-state index contributed by atoms with van der Waals surface area (Å²) in [5.74, 6) is 0.0975. The van der Waals surface area contributed by atoms with Gasteiger partial charge in [-0.05, 0) is 26.3 Å². The Balaban J connectivity index is 1.81. The monoisotopic (exact) mass is 222 g/mol. The van der Waals surface area contributed by atoms with Crippen LogP contribution in [0.3, 0.4) is 0 Å². The number of nitrogens with one attached hydrogen (secondary N) is 3. The zero-order valence-electron chi connectivity index (χ0n) is 9.55. The molecule has 16 heavy (non-hydrogen) atoms. The molecule has 0 unspecified atom stereocenters. The lowest BCUT2D eigenvalue weighted by molar-refractivity contribution is -0.123. The molecule has 88 valence electrons. The maximum absolute atomic E-state index is 11.8. The van der Waals surface area contributed by atoms with Crippen LogP contribution in [-0.4, -0.2) is 28.7 Å². The SMILES string of the molecule is Cc1[nH]ncc1CNC(=O)[C@H]1CCCCN1. The van der Waals surface area contributed by atoms with Crippen LogP contribution in [0.5, 0.6) is 0 Å². The summed E-state index contributed by atoms with van der Waals surface area (Å²) >= 11 is 0. The number of nitrogens with zero attached hydrogens (tertiary/aromatic N) is 1. The Kier molecular flexibility index (Phi) is 3.56. The second-order valence-corrected chi connectivity index (χ2v) is 4.24. The Labute approximate surface area is 95.0 Å². The first-order valence-corrected chi connectivity index (χ1v) is 5.77. The molecule has 0 aromatic carbocycles. The number of carbonyl (C=O) groups excluding carboxylic acids is 1. The van der Waals surface area contributed by atoms with Crippen molar-refractivity contribution in [3.63, 3.8) is 0 Å². The molecule has 0 aliphatic carbocycles. The molecule has 1 saturated heterocycles. The number of H-pyrrole nitrogens is 1. The number of aromatic amines is 1. The van der Waals surface area contributed by atoms with Crippen molar-refractivity contribution in [2.24, 2.45) is 0 Å². The second kappa shape index (κ2) is 5.12. The van der Waals surface area contributed by atoms with Crippen LogP contribution in [0.15, 0.2) is 6.20 Å². The van der Waals surface area contributed by atoms with Crippen molar-refractivity contribution < 1.29 is 4.79 Å². The van der Waals surface area contributed by atoms with Crippen molar-refractivity contribution in [2.45, 2.75) is 38.8 Å². The number of hydrogen-bond acceptors (Lipinski definition) is 3. The van der Waals surface area contributed by atoms with Gasteiger partial charge in [-0.3, -0.25) is 9.89 Å². The van der Waals surface area contributed by atoms with Crippen LogP contribution in [0.2, 0.25) is 0 Å². The predicted octanol–water partition coefficient (Wildman–Crippen LogP) is 0.476. The number of carbonyl (C=O) groups is 1. The van der Waals surface area contributed by atoms with Crippen molar-refractivity contribution in [3.05, 3.63) is 17.5 Å². The summed E-state index contributed by atoms with van der Waals surface area (Å²) in [5.41, 5.74) is 2.06. The third-order valence-corrected chi connectivity index (χ3v) is 3.01. The minimum absolute atomic E-state index is 0.0130. The first-order chi connectivity index (χ1) is 7.77. The topological polar surface area (TPSA) is 69.8 Å². The van der Waals surface area contributed by atoms with E-state index in [2.05, 4.69) is 20.8 Å². The number of rotatable bonds is 3. The van der Waals surface area contributed by atoms with Gasteiger partial charge in [0, 0.05) is 17.8 Å². The number of aromatic nitrogens is 2. The molecule has 0 spiro atoms. The molecule has 1 amide bonds. The van der Waals surface area contributed by atoms with Crippen LogP contribution in [0.25, 0.3) is 0 Å². The molecule has 2 rings (SSSR count). The van der Waals surface area contributed by atoms with Gasteiger partial charge in [0.2, 0.25) is 5.91 Å². The smallest absolute Gasteiger partial charge is 0.237 e. The number of piperidine rings is 1. The van der Waals surface area contributed by atoms with Gasteiger partial charge in [-0.15, -0.1) is 0 Å². The molecule has 1 fully saturated rings. The lowest BCUT2D eigenvalue weighted by Crippen LogP contribution is -2.46. The standard InChI is InChI=1S/C11H18N4O/c1-8-9(7-14-15-8)6-13-11(16)10-4-2-3-5-12-10/h7,10,12H,2-6H2,1H3,(H,13,16)(H,14,15)/t10-/m1/s1. The van der Waals surface area contributed by atoms with Crippen LogP contribution in [0, 0.1) is 6.92 Å². The van der Waals surface area contributed by atoms with Gasteiger partial charge >= 0.3 is 0 Å². The van der Waals surface area contributed by atoms with Crippen molar-refractivity contribution >= 4 is 5.91 Å². The van der Waals surface area contributed by atoms with Gasteiger partial charge in [-0.1, -0.05) is 6.42 Å². The molecule has 0 radical (unpaired) electrons. The van der Waals surface area contributed by atoms with E-state index in [1.165, 1.54) is 6.42 Å². The Hall–Kier alpha value is -1.36. The van der Waals surface area contributed by atoms with Crippen LogP contribution in [0.4, 0.5) is 0 Å². The van der Waals surface area contributed by atoms with E-state index in [-0.39, 0.29) is 11.9 Å². The Morgan fingerprint density at radius 3 is 3.12 bits per heavy atom. The first-order valence-electron chi connectivity index (χ1n) is 5.77. The lowest BCUT2D eigenvalue weighted by atomic mass is 10.0. The summed E-state index contributed by atoms with van der Waals surface area (Å²) in [6, 6.07) is -0.0130. The van der Waals surface area contributed by atoms with E-state index in [0.29, 0.717) is 6.54 Å². The summed E-state index contributed by atoms with van der Waals surface area (Å²) in [4.78, 5) is 11.8. The molecule has 1 aromatic rings. The predicted molar refractivity (Wildman–Crippen MR) is 60.8 cm³/mol. The maximum atomic E-state index is 11.8.